The van der Waals surface area contributed by atoms with Crippen molar-refractivity contribution in [2.45, 2.75) is 13.0 Å². The maximum atomic E-state index is 12.2. The van der Waals surface area contributed by atoms with Gasteiger partial charge in [-0.05, 0) is 31.2 Å². The molecule has 8 nitrogen and oxygen atoms in total. The van der Waals surface area contributed by atoms with Crippen LogP contribution in [-0.4, -0.2) is 22.9 Å². The van der Waals surface area contributed by atoms with Crippen molar-refractivity contribution in [1.82, 2.24) is 0 Å². The van der Waals surface area contributed by atoms with Gasteiger partial charge in [-0.2, -0.15) is 0 Å². The topological polar surface area (TPSA) is 125 Å². The molecular formula is C16H13Cl2N3O5. The summed E-state index contributed by atoms with van der Waals surface area (Å²) in [5.74, 6) is -1.49. The highest BCUT2D eigenvalue weighted by Gasteiger charge is 2.22. The number of carbonyl (C=O) groups is 2. The van der Waals surface area contributed by atoms with Crippen molar-refractivity contribution in [2.75, 3.05) is 11.1 Å². The van der Waals surface area contributed by atoms with Crippen LogP contribution in [0.25, 0.3) is 0 Å². The van der Waals surface area contributed by atoms with E-state index in [2.05, 4.69) is 5.32 Å². The van der Waals surface area contributed by atoms with Crippen molar-refractivity contribution >= 4 is 52.1 Å². The van der Waals surface area contributed by atoms with Gasteiger partial charge in [0.25, 0.3) is 11.6 Å². The summed E-state index contributed by atoms with van der Waals surface area (Å²) in [5, 5.41) is 13.4. The zero-order chi connectivity index (χ0) is 19.4. The summed E-state index contributed by atoms with van der Waals surface area (Å²) in [4.78, 5) is 34.3. The van der Waals surface area contributed by atoms with Gasteiger partial charge in [0.1, 0.15) is 0 Å². The van der Waals surface area contributed by atoms with Crippen molar-refractivity contribution in [2.24, 2.45) is 0 Å². The number of nitrogens with zero attached hydrogens (tertiary/aromatic N) is 1. The van der Waals surface area contributed by atoms with Gasteiger partial charge in [0.15, 0.2) is 6.10 Å². The predicted octanol–water partition coefficient (Wildman–Crippen LogP) is 3.67. The Hall–Kier alpha value is -2.84. The SMILES string of the molecule is C[C@H](OC(=O)c1cc(Cl)cc(Cl)c1N)C(=O)Nc1ccc([N+](=O)[O-])cc1. The summed E-state index contributed by atoms with van der Waals surface area (Å²) in [5.41, 5.74) is 5.85. The van der Waals surface area contributed by atoms with Gasteiger partial charge >= 0.3 is 5.97 Å². The molecular weight excluding hydrogens is 385 g/mol. The number of hydrogen-bond donors (Lipinski definition) is 2. The number of nitrogen functional groups attached to an aromatic ring is 1. The molecule has 0 saturated heterocycles. The Kier molecular flexibility index (Phi) is 6.01. The third-order valence-corrected chi connectivity index (χ3v) is 3.84. The van der Waals surface area contributed by atoms with Crippen molar-refractivity contribution < 1.29 is 19.2 Å². The molecule has 0 saturated carbocycles. The predicted molar refractivity (Wildman–Crippen MR) is 97.5 cm³/mol. The minimum absolute atomic E-state index is 0.0101. The molecule has 136 valence electrons. The summed E-state index contributed by atoms with van der Waals surface area (Å²) in [7, 11) is 0. The van der Waals surface area contributed by atoms with Gasteiger partial charge < -0.3 is 15.8 Å². The van der Waals surface area contributed by atoms with E-state index in [-0.39, 0.29) is 27.0 Å². The molecule has 3 N–H and O–H groups in total. The lowest BCUT2D eigenvalue weighted by atomic mass is 10.2. The first-order valence-corrected chi connectivity index (χ1v) is 7.95. The number of esters is 1. The lowest BCUT2D eigenvalue weighted by Gasteiger charge is -2.15. The van der Waals surface area contributed by atoms with E-state index in [1.165, 1.54) is 43.3 Å². The van der Waals surface area contributed by atoms with Crippen molar-refractivity contribution in [1.29, 1.82) is 0 Å². The monoisotopic (exact) mass is 397 g/mol. The second-order valence-corrected chi connectivity index (χ2v) is 6.03. The number of nitrogens with one attached hydrogen (secondary N) is 1. The third kappa shape index (κ3) is 4.62. The Balaban J connectivity index is 2.04. The molecule has 0 aromatic heterocycles. The molecule has 1 amide bonds. The molecule has 0 aliphatic carbocycles. The lowest BCUT2D eigenvalue weighted by molar-refractivity contribution is -0.384. The van der Waals surface area contributed by atoms with Crippen LogP contribution in [0, 0.1) is 10.1 Å². The first-order chi connectivity index (χ1) is 12.2. The van der Waals surface area contributed by atoms with E-state index in [0.29, 0.717) is 5.69 Å². The number of rotatable bonds is 5. The summed E-state index contributed by atoms with van der Waals surface area (Å²) < 4.78 is 5.07. The number of carbonyl (C=O) groups excluding carboxylic acids is 2. The van der Waals surface area contributed by atoms with Gasteiger partial charge in [0.05, 0.1) is 21.2 Å². The Labute approximate surface area is 158 Å². The van der Waals surface area contributed by atoms with Gasteiger partial charge in [0.2, 0.25) is 0 Å². The van der Waals surface area contributed by atoms with E-state index in [0.717, 1.165) is 0 Å². The Bertz CT molecular complexity index is 871. The smallest absolute Gasteiger partial charge is 0.341 e. The van der Waals surface area contributed by atoms with Crippen LogP contribution in [-0.2, 0) is 9.53 Å². The molecule has 0 heterocycles. The van der Waals surface area contributed by atoms with E-state index >= 15 is 0 Å². The fourth-order valence-corrected chi connectivity index (χ4v) is 2.43. The highest BCUT2D eigenvalue weighted by Crippen LogP contribution is 2.28. The summed E-state index contributed by atoms with van der Waals surface area (Å²) in [6.45, 7) is 1.36. The van der Waals surface area contributed by atoms with Crippen LogP contribution in [0.5, 0.6) is 0 Å². The Morgan fingerprint density at radius 3 is 2.42 bits per heavy atom. The molecule has 0 fully saturated rings. The van der Waals surface area contributed by atoms with Crippen molar-refractivity contribution in [3.63, 3.8) is 0 Å². The molecule has 0 bridgehead atoms. The van der Waals surface area contributed by atoms with Gasteiger partial charge in [-0.25, -0.2) is 4.79 Å². The van der Waals surface area contributed by atoms with Crippen molar-refractivity contribution in [3.05, 3.63) is 62.1 Å². The highest BCUT2D eigenvalue weighted by molar-refractivity contribution is 6.37. The number of non-ortho nitro benzene ring substituents is 1. The van der Waals surface area contributed by atoms with Crippen LogP contribution < -0.4 is 11.1 Å². The minimum Gasteiger partial charge on any atom is -0.449 e. The molecule has 0 aliphatic heterocycles. The summed E-state index contributed by atoms with van der Waals surface area (Å²) in [6.07, 6.45) is -1.16. The Morgan fingerprint density at radius 1 is 1.23 bits per heavy atom. The highest BCUT2D eigenvalue weighted by atomic mass is 35.5. The van der Waals surface area contributed by atoms with Crippen LogP contribution in [0.15, 0.2) is 36.4 Å². The summed E-state index contributed by atoms with van der Waals surface area (Å²) in [6, 6.07) is 7.85. The fourth-order valence-electron chi connectivity index (χ4n) is 1.94. The summed E-state index contributed by atoms with van der Waals surface area (Å²) >= 11 is 11.7. The molecule has 2 aromatic rings. The van der Waals surface area contributed by atoms with E-state index in [1.54, 1.807) is 0 Å². The van der Waals surface area contributed by atoms with Crippen LogP contribution in [0.2, 0.25) is 10.0 Å². The molecule has 1 atom stereocenters. The standard InChI is InChI=1S/C16H13Cl2N3O5/c1-8(15(22)20-10-2-4-11(5-3-10)21(24)25)26-16(23)12-6-9(17)7-13(18)14(12)19/h2-8H,19H2,1H3,(H,20,22)/t8-/m0/s1. The first kappa shape index (κ1) is 19.5. The fraction of sp³-hybridized carbons (Fsp3) is 0.125. The van der Waals surface area contributed by atoms with E-state index in [9.17, 15) is 19.7 Å². The van der Waals surface area contributed by atoms with Crippen LogP contribution in [0.1, 0.15) is 17.3 Å². The largest absolute Gasteiger partial charge is 0.449 e. The van der Waals surface area contributed by atoms with Gasteiger partial charge in [0, 0.05) is 22.8 Å². The number of amides is 1. The molecule has 26 heavy (non-hydrogen) atoms. The number of nitro benzene ring substituents is 1. The van der Waals surface area contributed by atoms with Gasteiger partial charge in [-0.1, -0.05) is 23.2 Å². The van der Waals surface area contributed by atoms with Crippen molar-refractivity contribution in [3.8, 4) is 0 Å². The second kappa shape index (κ2) is 8.03. The zero-order valence-electron chi connectivity index (χ0n) is 13.4. The zero-order valence-corrected chi connectivity index (χ0v) is 14.9. The number of benzene rings is 2. The quantitative estimate of drug-likeness (QED) is 0.343. The number of nitrogens with two attached hydrogens (primary N) is 1. The maximum absolute atomic E-state index is 12.2. The maximum Gasteiger partial charge on any atom is 0.341 e. The first-order valence-electron chi connectivity index (χ1n) is 7.20. The van der Waals surface area contributed by atoms with E-state index in [4.69, 9.17) is 33.7 Å². The average Bonchev–Trinajstić information content (AvgIpc) is 2.58. The molecule has 2 rings (SSSR count). The van der Waals surface area contributed by atoms with Crippen LogP contribution in [0.3, 0.4) is 0 Å². The van der Waals surface area contributed by atoms with Gasteiger partial charge in [-0.3, -0.25) is 14.9 Å². The molecule has 0 unspecified atom stereocenters. The number of nitro groups is 1. The molecule has 0 radical (unpaired) electrons. The third-order valence-electron chi connectivity index (χ3n) is 3.31. The van der Waals surface area contributed by atoms with Gasteiger partial charge in [-0.15, -0.1) is 0 Å². The number of ether oxygens (including phenoxy) is 1. The number of halogens is 2. The molecule has 10 heteroatoms. The molecule has 2 aromatic carbocycles. The van der Waals surface area contributed by atoms with Crippen LogP contribution in [0.4, 0.5) is 17.1 Å². The number of anilines is 2. The van der Waals surface area contributed by atoms with Crippen LogP contribution >= 0.6 is 23.2 Å². The average molecular weight is 398 g/mol. The normalized spacial score (nSPS) is 11.5. The number of hydrogen-bond acceptors (Lipinski definition) is 6. The lowest BCUT2D eigenvalue weighted by Crippen LogP contribution is -2.30. The van der Waals surface area contributed by atoms with E-state index in [1.807, 2.05) is 0 Å². The second-order valence-electron chi connectivity index (χ2n) is 5.19. The molecule has 0 spiro atoms. The van der Waals surface area contributed by atoms with E-state index < -0.39 is 22.9 Å². The minimum atomic E-state index is -1.16. The Morgan fingerprint density at radius 2 is 1.85 bits per heavy atom. The molecule has 0 aliphatic rings.